The van der Waals surface area contributed by atoms with Crippen LogP contribution in [0.5, 0.6) is 0 Å². The summed E-state index contributed by atoms with van der Waals surface area (Å²) in [5.41, 5.74) is -2.43. The number of amides is 1. The summed E-state index contributed by atoms with van der Waals surface area (Å²) < 4.78 is 36.7. The van der Waals surface area contributed by atoms with Crippen molar-refractivity contribution in [2.75, 3.05) is 0 Å². The molecule has 0 aliphatic rings. The molecule has 1 N–H and O–H groups in total. The highest BCUT2D eigenvalue weighted by molar-refractivity contribution is 8.00. The second kappa shape index (κ2) is 6.57. The number of rotatable bonds is 5. The molecule has 0 atom stereocenters. The second-order valence-electron chi connectivity index (χ2n) is 3.97. The monoisotopic (exact) mass is 313 g/mol. The Morgan fingerprint density at radius 1 is 1.19 bits per heavy atom. The van der Waals surface area contributed by atoms with Crippen LogP contribution >= 0.6 is 11.8 Å². The van der Waals surface area contributed by atoms with E-state index < -0.39 is 5.51 Å². The van der Waals surface area contributed by atoms with Crippen molar-refractivity contribution in [3.8, 4) is 11.3 Å². The van der Waals surface area contributed by atoms with E-state index in [1.54, 1.807) is 18.2 Å². The minimum atomic E-state index is -4.30. The van der Waals surface area contributed by atoms with E-state index in [0.717, 1.165) is 0 Å². The van der Waals surface area contributed by atoms with Crippen LogP contribution in [0.4, 0.5) is 13.2 Å². The van der Waals surface area contributed by atoms with Gasteiger partial charge in [0.1, 0.15) is 6.33 Å². The molecule has 0 saturated carbocycles. The van der Waals surface area contributed by atoms with Crippen LogP contribution < -0.4 is 5.32 Å². The van der Waals surface area contributed by atoms with Gasteiger partial charge in [-0.25, -0.2) is 9.97 Å². The Labute approximate surface area is 122 Å². The summed E-state index contributed by atoms with van der Waals surface area (Å²) in [6, 6.07) is 7.57. The van der Waals surface area contributed by atoms with Gasteiger partial charge in [-0.2, -0.15) is 13.2 Å². The van der Waals surface area contributed by atoms with Crippen LogP contribution in [0, 0.1) is 0 Å². The first-order valence-electron chi connectivity index (χ1n) is 5.82. The van der Waals surface area contributed by atoms with Crippen LogP contribution in [0.15, 0.2) is 41.6 Å². The standard InChI is InChI=1S/C13H10F3N3OS/c14-13(15,16)21-11-3-1-9(2-4-11)12-5-10(6-17-8-20)18-7-19-12/h1-5,7-8H,6H2,(H,17,20). The molecule has 21 heavy (non-hydrogen) atoms. The van der Waals surface area contributed by atoms with Crippen LogP contribution in [0.1, 0.15) is 5.69 Å². The van der Waals surface area contributed by atoms with Crippen molar-refractivity contribution in [2.45, 2.75) is 16.9 Å². The molecular formula is C13H10F3N3OS. The van der Waals surface area contributed by atoms with Crippen molar-refractivity contribution in [3.05, 3.63) is 42.4 Å². The highest BCUT2D eigenvalue weighted by Crippen LogP contribution is 2.37. The third-order valence-corrected chi connectivity index (χ3v) is 3.21. The van der Waals surface area contributed by atoms with Crippen molar-refractivity contribution in [3.63, 3.8) is 0 Å². The molecule has 0 aliphatic carbocycles. The van der Waals surface area contributed by atoms with Crippen molar-refractivity contribution in [1.82, 2.24) is 15.3 Å². The van der Waals surface area contributed by atoms with Gasteiger partial charge in [-0.05, 0) is 30.0 Å². The van der Waals surface area contributed by atoms with Crippen molar-refractivity contribution < 1.29 is 18.0 Å². The summed E-state index contributed by atoms with van der Waals surface area (Å²) in [6.07, 6.45) is 1.90. The van der Waals surface area contributed by atoms with E-state index in [4.69, 9.17) is 0 Å². The number of hydrogen-bond acceptors (Lipinski definition) is 4. The first-order chi connectivity index (χ1) is 9.98. The summed E-state index contributed by atoms with van der Waals surface area (Å²) >= 11 is -0.163. The second-order valence-corrected chi connectivity index (χ2v) is 5.10. The number of alkyl halides is 3. The number of carbonyl (C=O) groups excluding carboxylic acids is 1. The van der Waals surface area contributed by atoms with Gasteiger partial charge in [0.15, 0.2) is 0 Å². The molecule has 1 amide bonds. The molecular weight excluding hydrogens is 303 g/mol. The van der Waals surface area contributed by atoms with Crippen molar-refractivity contribution in [1.29, 1.82) is 0 Å². The third kappa shape index (κ3) is 4.75. The fraction of sp³-hybridized carbons (Fsp3) is 0.154. The van der Waals surface area contributed by atoms with Gasteiger partial charge in [-0.15, -0.1) is 0 Å². The first-order valence-corrected chi connectivity index (χ1v) is 6.64. The molecule has 0 fully saturated rings. The lowest BCUT2D eigenvalue weighted by molar-refractivity contribution is -0.109. The molecule has 110 valence electrons. The summed E-state index contributed by atoms with van der Waals surface area (Å²) in [7, 11) is 0. The van der Waals surface area contributed by atoms with E-state index in [2.05, 4.69) is 15.3 Å². The van der Waals surface area contributed by atoms with Gasteiger partial charge in [0.25, 0.3) is 0 Å². The number of thioether (sulfide) groups is 1. The molecule has 4 nitrogen and oxygen atoms in total. The lowest BCUT2D eigenvalue weighted by Gasteiger charge is -2.07. The number of aromatic nitrogens is 2. The van der Waals surface area contributed by atoms with E-state index in [-0.39, 0.29) is 23.2 Å². The van der Waals surface area contributed by atoms with E-state index in [1.165, 1.54) is 18.5 Å². The maximum absolute atomic E-state index is 12.2. The SMILES string of the molecule is O=CNCc1cc(-c2ccc(SC(F)(F)F)cc2)ncn1. The molecule has 1 aromatic heterocycles. The minimum Gasteiger partial charge on any atom is -0.353 e. The molecule has 0 spiro atoms. The third-order valence-electron chi connectivity index (χ3n) is 2.47. The highest BCUT2D eigenvalue weighted by Gasteiger charge is 2.29. The van der Waals surface area contributed by atoms with E-state index in [9.17, 15) is 18.0 Å². The minimum absolute atomic E-state index is 0.114. The molecule has 2 rings (SSSR count). The maximum atomic E-state index is 12.2. The highest BCUT2D eigenvalue weighted by atomic mass is 32.2. The molecule has 0 bridgehead atoms. The average Bonchev–Trinajstić information content (AvgIpc) is 2.44. The van der Waals surface area contributed by atoms with Gasteiger partial charge < -0.3 is 5.32 Å². The van der Waals surface area contributed by atoms with Crippen LogP contribution in [-0.2, 0) is 11.3 Å². The van der Waals surface area contributed by atoms with Gasteiger partial charge in [0.2, 0.25) is 6.41 Å². The molecule has 1 aromatic carbocycles. The largest absolute Gasteiger partial charge is 0.446 e. The predicted molar refractivity (Wildman–Crippen MR) is 72.3 cm³/mol. The van der Waals surface area contributed by atoms with Crippen LogP contribution in [0.25, 0.3) is 11.3 Å². The maximum Gasteiger partial charge on any atom is 0.446 e. The summed E-state index contributed by atoms with van der Waals surface area (Å²) in [4.78, 5) is 18.4. The van der Waals surface area contributed by atoms with Crippen molar-refractivity contribution in [2.24, 2.45) is 0 Å². The number of benzene rings is 1. The van der Waals surface area contributed by atoms with Gasteiger partial charge in [-0.1, -0.05) is 12.1 Å². The molecule has 1 heterocycles. The zero-order chi connectivity index (χ0) is 15.3. The normalized spacial score (nSPS) is 11.2. The van der Waals surface area contributed by atoms with Crippen LogP contribution in [0.2, 0.25) is 0 Å². The fourth-order valence-electron chi connectivity index (χ4n) is 1.63. The molecule has 8 heteroatoms. The Morgan fingerprint density at radius 2 is 1.90 bits per heavy atom. The van der Waals surface area contributed by atoms with Crippen LogP contribution in [-0.4, -0.2) is 21.9 Å². The molecule has 0 saturated heterocycles. The van der Waals surface area contributed by atoms with Crippen molar-refractivity contribution >= 4 is 18.2 Å². The summed E-state index contributed by atoms with van der Waals surface area (Å²) in [5.74, 6) is 0. The smallest absolute Gasteiger partial charge is 0.353 e. The Balaban J connectivity index is 2.16. The number of nitrogens with one attached hydrogen (secondary N) is 1. The Morgan fingerprint density at radius 3 is 2.52 bits per heavy atom. The van der Waals surface area contributed by atoms with E-state index >= 15 is 0 Å². The summed E-state index contributed by atoms with van der Waals surface area (Å²) in [6.45, 7) is 0.265. The van der Waals surface area contributed by atoms with E-state index in [0.29, 0.717) is 23.4 Å². The Bertz CT molecular complexity index is 617. The van der Waals surface area contributed by atoms with Gasteiger partial charge in [-0.3, -0.25) is 4.79 Å². The lowest BCUT2D eigenvalue weighted by atomic mass is 10.1. The van der Waals surface area contributed by atoms with Gasteiger partial charge in [0, 0.05) is 10.5 Å². The fourth-order valence-corrected chi connectivity index (χ4v) is 2.17. The number of hydrogen-bond donors (Lipinski definition) is 1. The number of halogens is 3. The van der Waals surface area contributed by atoms with Gasteiger partial charge in [0.05, 0.1) is 17.9 Å². The molecule has 0 unspecified atom stereocenters. The zero-order valence-electron chi connectivity index (χ0n) is 10.6. The molecule has 0 aliphatic heterocycles. The topological polar surface area (TPSA) is 54.9 Å². The predicted octanol–water partition coefficient (Wildman–Crippen LogP) is 3.00. The molecule has 2 aromatic rings. The van der Waals surface area contributed by atoms with Gasteiger partial charge >= 0.3 is 5.51 Å². The average molecular weight is 313 g/mol. The number of nitrogens with zero attached hydrogens (tertiary/aromatic N) is 2. The first kappa shape index (κ1) is 15.3. The quantitative estimate of drug-likeness (QED) is 0.681. The summed E-state index contributed by atoms with van der Waals surface area (Å²) in [5, 5.41) is 2.48. The number of carbonyl (C=O) groups is 1. The molecule has 0 radical (unpaired) electrons. The Kier molecular flexibility index (Phi) is 4.79. The Hall–Kier alpha value is -2.09. The lowest BCUT2D eigenvalue weighted by Crippen LogP contribution is -2.11. The van der Waals surface area contributed by atoms with E-state index in [1.807, 2.05) is 0 Å². The zero-order valence-corrected chi connectivity index (χ0v) is 11.4. The van der Waals surface area contributed by atoms with Crippen LogP contribution in [0.3, 0.4) is 0 Å².